The van der Waals surface area contributed by atoms with E-state index in [2.05, 4.69) is 45.1 Å². The molecule has 5 heteroatoms. The smallest absolute Gasteiger partial charge is 0.399 e. The standard InChI is InChI=1S/C14H20BNO3/c1-13(2)14(3,4)19-15(18-13)11-6-5-7-12-10(11)8-17-9-16-12/h5-7,16H,8-9H2,1-4H3. The summed E-state index contributed by atoms with van der Waals surface area (Å²) in [7, 11) is -0.330. The fraction of sp³-hybridized carbons (Fsp3) is 0.571. The van der Waals surface area contributed by atoms with Crippen molar-refractivity contribution in [1.29, 1.82) is 0 Å². The van der Waals surface area contributed by atoms with Crippen LogP contribution in [0.4, 0.5) is 5.69 Å². The largest absolute Gasteiger partial charge is 0.495 e. The monoisotopic (exact) mass is 261 g/mol. The molecule has 0 aliphatic carbocycles. The van der Waals surface area contributed by atoms with Gasteiger partial charge in [0.25, 0.3) is 0 Å². The lowest BCUT2D eigenvalue weighted by Gasteiger charge is -2.32. The van der Waals surface area contributed by atoms with E-state index in [4.69, 9.17) is 14.0 Å². The van der Waals surface area contributed by atoms with Crippen LogP contribution in [0.15, 0.2) is 18.2 Å². The van der Waals surface area contributed by atoms with Crippen molar-refractivity contribution in [3.8, 4) is 0 Å². The van der Waals surface area contributed by atoms with Gasteiger partial charge in [0, 0.05) is 11.3 Å². The van der Waals surface area contributed by atoms with Crippen molar-refractivity contribution in [3.63, 3.8) is 0 Å². The van der Waals surface area contributed by atoms with Crippen molar-refractivity contribution >= 4 is 18.3 Å². The Hall–Kier alpha value is -1.04. The average Bonchev–Trinajstić information content (AvgIpc) is 2.58. The van der Waals surface area contributed by atoms with Gasteiger partial charge in [-0.05, 0) is 39.2 Å². The van der Waals surface area contributed by atoms with Crippen LogP contribution in [0.25, 0.3) is 0 Å². The Morgan fingerprint density at radius 1 is 1.11 bits per heavy atom. The lowest BCUT2D eigenvalue weighted by atomic mass is 9.75. The van der Waals surface area contributed by atoms with Gasteiger partial charge in [0.2, 0.25) is 0 Å². The first-order chi connectivity index (χ1) is 8.91. The second-order valence-electron chi connectivity index (χ2n) is 6.13. The molecule has 0 unspecified atom stereocenters. The zero-order chi connectivity index (χ0) is 13.7. The molecule has 1 aromatic carbocycles. The summed E-state index contributed by atoms with van der Waals surface area (Å²) < 4.78 is 17.7. The Morgan fingerprint density at radius 2 is 1.79 bits per heavy atom. The molecule has 0 bridgehead atoms. The Balaban J connectivity index is 1.96. The highest BCUT2D eigenvalue weighted by atomic mass is 16.7. The number of hydrogen-bond acceptors (Lipinski definition) is 4. The molecule has 1 saturated heterocycles. The topological polar surface area (TPSA) is 39.7 Å². The van der Waals surface area contributed by atoms with E-state index in [1.165, 1.54) is 0 Å². The van der Waals surface area contributed by atoms with Crippen LogP contribution in [0, 0.1) is 0 Å². The van der Waals surface area contributed by atoms with E-state index < -0.39 is 0 Å². The minimum atomic E-state index is -0.330. The van der Waals surface area contributed by atoms with E-state index in [0.29, 0.717) is 13.3 Å². The SMILES string of the molecule is CC1(C)OB(c2cccc3c2COCN3)OC1(C)C. The van der Waals surface area contributed by atoms with Gasteiger partial charge in [-0.3, -0.25) is 0 Å². The van der Waals surface area contributed by atoms with Crippen LogP contribution in [0.2, 0.25) is 0 Å². The molecular formula is C14H20BNO3. The van der Waals surface area contributed by atoms with Crippen LogP contribution < -0.4 is 10.8 Å². The molecule has 0 radical (unpaired) electrons. The van der Waals surface area contributed by atoms with Crippen molar-refractivity contribution in [3.05, 3.63) is 23.8 Å². The molecule has 19 heavy (non-hydrogen) atoms. The van der Waals surface area contributed by atoms with Gasteiger partial charge in [-0.15, -0.1) is 0 Å². The number of benzene rings is 1. The van der Waals surface area contributed by atoms with Gasteiger partial charge < -0.3 is 19.4 Å². The molecule has 1 fully saturated rings. The van der Waals surface area contributed by atoms with Gasteiger partial charge >= 0.3 is 7.12 Å². The minimum absolute atomic E-state index is 0.316. The fourth-order valence-corrected chi connectivity index (χ4v) is 2.40. The zero-order valence-corrected chi connectivity index (χ0v) is 11.9. The number of hydrogen-bond donors (Lipinski definition) is 1. The lowest BCUT2D eigenvalue weighted by Crippen LogP contribution is -2.41. The van der Waals surface area contributed by atoms with Crippen molar-refractivity contribution < 1.29 is 14.0 Å². The van der Waals surface area contributed by atoms with Gasteiger partial charge in [0.15, 0.2) is 0 Å². The van der Waals surface area contributed by atoms with Crippen molar-refractivity contribution in [2.75, 3.05) is 12.0 Å². The molecule has 1 aromatic rings. The second kappa shape index (κ2) is 4.23. The zero-order valence-electron chi connectivity index (χ0n) is 11.9. The van der Waals surface area contributed by atoms with Crippen LogP contribution in [-0.4, -0.2) is 25.1 Å². The molecule has 0 spiro atoms. The summed E-state index contributed by atoms with van der Waals surface area (Å²) in [6, 6.07) is 6.14. The third kappa shape index (κ3) is 2.06. The average molecular weight is 261 g/mol. The van der Waals surface area contributed by atoms with E-state index in [0.717, 1.165) is 16.7 Å². The maximum absolute atomic E-state index is 6.11. The van der Waals surface area contributed by atoms with Crippen LogP contribution >= 0.6 is 0 Å². The Morgan fingerprint density at radius 3 is 2.47 bits per heavy atom. The van der Waals surface area contributed by atoms with E-state index in [1.54, 1.807) is 0 Å². The number of rotatable bonds is 1. The maximum atomic E-state index is 6.11. The molecule has 0 amide bonds. The molecule has 3 rings (SSSR count). The highest BCUT2D eigenvalue weighted by Gasteiger charge is 2.52. The summed E-state index contributed by atoms with van der Waals surface area (Å²) in [5.41, 5.74) is 2.67. The van der Waals surface area contributed by atoms with E-state index in [9.17, 15) is 0 Å². The summed E-state index contributed by atoms with van der Waals surface area (Å²) in [4.78, 5) is 0. The minimum Gasteiger partial charge on any atom is -0.399 e. The Bertz CT molecular complexity index is 485. The number of nitrogens with one attached hydrogen (secondary N) is 1. The molecule has 1 N–H and O–H groups in total. The maximum Gasteiger partial charge on any atom is 0.495 e. The molecule has 0 aromatic heterocycles. The molecule has 2 aliphatic rings. The van der Waals surface area contributed by atoms with E-state index >= 15 is 0 Å². The van der Waals surface area contributed by atoms with Gasteiger partial charge in [-0.1, -0.05) is 12.1 Å². The second-order valence-corrected chi connectivity index (χ2v) is 6.13. The predicted octanol–water partition coefficient (Wildman–Crippen LogP) is 1.89. The van der Waals surface area contributed by atoms with Crippen LogP contribution in [0.5, 0.6) is 0 Å². The van der Waals surface area contributed by atoms with Gasteiger partial charge in [-0.2, -0.15) is 0 Å². The van der Waals surface area contributed by atoms with Crippen LogP contribution in [0.3, 0.4) is 0 Å². The Labute approximate surface area is 114 Å². The summed E-state index contributed by atoms with van der Waals surface area (Å²) >= 11 is 0. The third-order valence-electron chi connectivity index (χ3n) is 4.33. The molecule has 2 aliphatic heterocycles. The number of fused-ring (bicyclic) bond motifs is 1. The van der Waals surface area contributed by atoms with Crippen molar-refractivity contribution in [2.45, 2.75) is 45.5 Å². The first-order valence-corrected chi connectivity index (χ1v) is 6.70. The van der Waals surface area contributed by atoms with E-state index in [-0.39, 0.29) is 18.3 Å². The molecule has 102 valence electrons. The third-order valence-corrected chi connectivity index (χ3v) is 4.33. The summed E-state index contributed by atoms with van der Waals surface area (Å²) in [6.07, 6.45) is 0. The van der Waals surface area contributed by atoms with Gasteiger partial charge in [-0.25, -0.2) is 0 Å². The fourth-order valence-electron chi connectivity index (χ4n) is 2.40. The Kier molecular flexibility index (Phi) is 2.89. The summed E-state index contributed by atoms with van der Waals surface area (Å²) in [6.45, 7) is 9.42. The highest BCUT2D eigenvalue weighted by Crippen LogP contribution is 2.37. The normalized spacial score (nSPS) is 23.9. The highest BCUT2D eigenvalue weighted by molar-refractivity contribution is 6.62. The summed E-state index contributed by atoms with van der Waals surface area (Å²) in [5, 5.41) is 3.23. The van der Waals surface area contributed by atoms with Crippen LogP contribution in [-0.2, 0) is 20.7 Å². The predicted molar refractivity (Wildman–Crippen MR) is 75.4 cm³/mol. The van der Waals surface area contributed by atoms with Gasteiger partial charge in [0.1, 0.15) is 6.73 Å². The van der Waals surface area contributed by atoms with E-state index in [1.807, 2.05) is 6.07 Å². The van der Waals surface area contributed by atoms with Crippen molar-refractivity contribution in [2.24, 2.45) is 0 Å². The quantitative estimate of drug-likeness (QED) is 0.783. The molecule has 0 atom stereocenters. The number of anilines is 1. The first kappa shape index (κ1) is 13.0. The van der Waals surface area contributed by atoms with Gasteiger partial charge in [0.05, 0.1) is 17.8 Å². The molecule has 2 heterocycles. The molecule has 4 nitrogen and oxygen atoms in total. The molecule has 0 saturated carbocycles. The number of ether oxygens (including phenoxy) is 1. The summed E-state index contributed by atoms with van der Waals surface area (Å²) in [5.74, 6) is 0. The lowest BCUT2D eigenvalue weighted by molar-refractivity contribution is 0.00578. The van der Waals surface area contributed by atoms with Crippen LogP contribution in [0.1, 0.15) is 33.3 Å². The first-order valence-electron chi connectivity index (χ1n) is 6.70. The molecular weight excluding hydrogens is 241 g/mol. The van der Waals surface area contributed by atoms with Crippen molar-refractivity contribution in [1.82, 2.24) is 0 Å².